The summed E-state index contributed by atoms with van der Waals surface area (Å²) in [6, 6.07) is 2.05. The van der Waals surface area contributed by atoms with E-state index in [1.807, 2.05) is 27.7 Å². The van der Waals surface area contributed by atoms with Gasteiger partial charge in [0.25, 0.3) is 0 Å². The summed E-state index contributed by atoms with van der Waals surface area (Å²) in [7, 11) is 0. The van der Waals surface area contributed by atoms with E-state index in [-0.39, 0.29) is 0 Å². The number of fused-ring (bicyclic) bond motifs is 1. The van der Waals surface area contributed by atoms with Gasteiger partial charge in [0, 0.05) is 18.0 Å². The van der Waals surface area contributed by atoms with Crippen LogP contribution in [0.4, 0.5) is 5.82 Å². The van der Waals surface area contributed by atoms with Crippen molar-refractivity contribution in [1.29, 1.82) is 0 Å². The molecule has 1 saturated heterocycles. The zero-order valence-corrected chi connectivity index (χ0v) is 15.0. The van der Waals surface area contributed by atoms with Gasteiger partial charge in [-0.1, -0.05) is 27.7 Å². The van der Waals surface area contributed by atoms with Gasteiger partial charge in [0.05, 0.1) is 23.4 Å². The number of anilines is 1. The van der Waals surface area contributed by atoms with Crippen molar-refractivity contribution in [3.63, 3.8) is 0 Å². The molecule has 0 aromatic carbocycles. The molecule has 3 rings (SSSR count). The van der Waals surface area contributed by atoms with Crippen LogP contribution in [-0.2, 0) is 4.74 Å². The summed E-state index contributed by atoms with van der Waals surface area (Å²) in [5.74, 6) is 0.946. The predicted octanol–water partition coefficient (Wildman–Crippen LogP) is 4.54. The highest BCUT2D eigenvalue weighted by Gasteiger charge is 2.18. The quantitative estimate of drug-likeness (QED) is 0.720. The lowest BCUT2D eigenvalue weighted by atomic mass is 10.3. The van der Waals surface area contributed by atoms with E-state index in [0.717, 1.165) is 42.3 Å². The van der Waals surface area contributed by atoms with Crippen molar-refractivity contribution in [3.05, 3.63) is 16.2 Å². The molecule has 1 aliphatic rings. The number of hydrogen-bond donors (Lipinski definition) is 0. The molecule has 0 spiro atoms. The Hall–Kier alpha value is -0.910. The van der Waals surface area contributed by atoms with Crippen LogP contribution in [-0.4, -0.2) is 36.3 Å². The molecule has 21 heavy (non-hydrogen) atoms. The van der Waals surface area contributed by atoms with E-state index in [0.29, 0.717) is 5.28 Å². The van der Waals surface area contributed by atoms with Crippen molar-refractivity contribution in [2.24, 2.45) is 0 Å². The molecule has 6 heteroatoms. The summed E-state index contributed by atoms with van der Waals surface area (Å²) in [6.07, 6.45) is 0. The van der Waals surface area contributed by atoms with Gasteiger partial charge in [-0.2, -0.15) is 4.98 Å². The minimum atomic E-state index is 0.316. The molecule has 2 aromatic rings. The lowest BCUT2D eigenvalue weighted by molar-refractivity contribution is 0.122. The number of morpholine rings is 1. The van der Waals surface area contributed by atoms with E-state index < -0.39 is 0 Å². The number of nitrogens with zero attached hydrogens (tertiary/aromatic N) is 3. The summed E-state index contributed by atoms with van der Waals surface area (Å²) < 4.78 is 6.47. The molecule has 0 N–H and O–H groups in total. The number of rotatable bonds is 1. The standard InChI is InChI=1S/C11H12ClN3OS.2C2H6/c1-7-6-8-9(17-7)10(14-11(12)13-8)15-2-4-16-5-3-15;2*1-2/h6H,2-5H2,1H3;2*1-2H3. The Morgan fingerprint density at radius 2 is 1.76 bits per heavy atom. The van der Waals surface area contributed by atoms with Gasteiger partial charge in [-0.25, -0.2) is 4.98 Å². The molecule has 0 atom stereocenters. The van der Waals surface area contributed by atoms with Crippen LogP contribution in [0.25, 0.3) is 10.2 Å². The molecule has 0 saturated carbocycles. The molecular formula is C15H24ClN3OS. The third-order valence-electron chi connectivity index (χ3n) is 2.76. The average Bonchev–Trinajstić information content (AvgIpc) is 2.91. The van der Waals surface area contributed by atoms with Crippen LogP contribution in [0, 0.1) is 6.92 Å². The van der Waals surface area contributed by atoms with Gasteiger partial charge in [0.1, 0.15) is 0 Å². The lowest BCUT2D eigenvalue weighted by Crippen LogP contribution is -2.36. The van der Waals surface area contributed by atoms with Crippen LogP contribution in [0.2, 0.25) is 5.28 Å². The van der Waals surface area contributed by atoms with E-state index in [2.05, 4.69) is 27.9 Å². The third-order valence-corrected chi connectivity index (χ3v) is 3.96. The zero-order valence-electron chi connectivity index (χ0n) is 13.4. The Kier molecular flexibility index (Phi) is 7.93. The second-order valence-corrected chi connectivity index (χ2v) is 5.58. The van der Waals surface area contributed by atoms with Gasteiger partial charge in [-0.05, 0) is 24.6 Å². The van der Waals surface area contributed by atoms with E-state index in [1.165, 1.54) is 4.88 Å². The summed E-state index contributed by atoms with van der Waals surface area (Å²) in [5.41, 5.74) is 0.939. The van der Waals surface area contributed by atoms with Gasteiger partial charge in [-0.3, -0.25) is 0 Å². The largest absolute Gasteiger partial charge is 0.378 e. The number of aryl methyl sites for hydroxylation is 1. The Balaban J connectivity index is 0.000000510. The zero-order chi connectivity index (χ0) is 15.8. The number of halogens is 1. The first-order valence-electron chi connectivity index (χ1n) is 7.50. The SMILES string of the molecule is CC.CC.Cc1cc2nc(Cl)nc(N3CCOCC3)c2s1. The van der Waals surface area contributed by atoms with Crippen molar-refractivity contribution in [2.45, 2.75) is 34.6 Å². The number of hydrogen-bond acceptors (Lipinski definition) is 5. The second kappa shape index (κ2) is 9.18. The molecule has 3 heterocycles. The number of ether oxygens (including phenoxy) is 1. The number of thiophene rings is 1. The molecule has 0 amide bonds. The summed E-state index contributed by atoms with van der Waals surface area (Å²) in [6.45, 7) is 13.3. The fourth-order valence-corrected chi connectivity index (χ4v) is 3.13. The highest BCUT2D eigenvalue weighted by Crippen LogP contribution is 2.32. The van der Waals surface area contributed by atoms with E-state index in [1.54, 1.807) is 11.3 Å². The van der Waals surface area contributed by atoms with Crippen molar-refractivity contribution in [1.82, 2.24) is 9.97 Å². The third kappa shape index (κ3) is 4.53. The molecule has 0 unspecified atom stereocenters. The van der Waals surface area contributed by atoms with Crippen LogP contribution in [0.5, 0.6) is 0 Å². The van der Waals surface area contributed by atoms with Crippen molar-refractivity contribution in [2.75, 3.05) is 31.2 Å². The monoisotopic (exact) mass is 329 g/mol. The Bertz CT molecular complexity index is 553. The van der Waals surface area contributed by atoms with E-state index >= 15 is 0 Å². The van der Waals surface area contributed by atoms with Crippen molar-refractivity contribution in [3.8, 4) is 0 Å². The minimum absolute atomic E-state index is 0.316. The molecule has 2 aromatic heterocycles. The molecule has 4 nitrogen and oxygen atoms in total. The summed E-state index contributed by atoms with van der Waals surface area (Å²) in [5, 5.41) is 0.316. The van der Waals surface area contributed by atoms with Gasteiger partial charge in [-0.15, -0.1) is 11.3 Å². The number of aromatic nitrogens is 2. The first-order valence-corrected chi connectivity index (χ1v) is 8.70. The smallest absolute Gasteiger partial charge is 0.224 e. The van der Waals surface area contributed by atoms with Crippen LogP contribution in [0.1, 0.15) is 32.6 Å². The molecule has 1 fully saturated rings. The molecule has 1 aliphatic heterocycles. The molecule has 118 valence electrons. The first kappa shape index (κ1) is 18.1. The Morgan fingerprint density at radius 1 is 1.14 bits per heavy atom. The van der Waals surface area contributed by atoms with Crippen LogP contribution >= 0.6 is 22.9 Å². The molecular weight excluding hydrogens is 306 g/mol. The minimum Gasteiger partial charge on any atom is -0.378 e. The highest BCUT2D eigenvalue weighted by atomic mass is 35.5. The Morgan fingerprint density at radius 3 is 2.38 bits per heavy atom. The normalized spacial score (nSPS) is 14.1. The fourth-order valence-electron chi connectivity index (χ4n) is 2.00. The second-order valence-electron chi connectivity index (χ2n) is 3.99. The van der Waals surface area contributed by atoms with Gasteiger partial charge in [0.2, 0.25) is 5.28 Å². The van der Waals surface area contributed by atoms with Crippen molar-refractivity contribution >= 4 is 39.0 Å². The van der Waals surface area contributed by atoms with Gasteiger partial charge in [0.15, 0.2) is 5.82 Å². The summed E-state index contributed by atoms with van der Waals surface area (Å²) in [4.78, 5) is 12.1. The molecule has 0 bridgehead atoms. The fraction of sp³-hybridized carbons (Fsp3) is 0.600. The Labute approximate surface area is 136 Å². The van der Waals surface area contributed by atoms with E-state index in [4.69, 9.17) is 16.3 Å². The van der Waals surface area contributed by atoms with Crippen molar-refractivity contribution < 1.29 is 4.74 Å². The van der Waals surface area contributed by atoms with Crippen LogP contribution < -0.4 is 4.90 Å². The van der Waals surface area contributed by atoms with Crippen LogP contribution in [0.3, 0.4) is 0 Å². The lowest BCUT2D eigenvalue weighted by Gasteiger charge is -2.28. The van der Waals surface area contributed by atoms with Gasteiger partial charge < -0.3 is 9.64 Å². The van der Waals surface area contributed by atoms with Crippen LogP contribution in [0.15, 0.2) is 6.07 Å². The van der Waals surface area contributed by atoms with Gasteiger partial charge >= 0.3 is 0 Å². The molecule has 0 aliphatic carbocycles. The topological polar surface area (TPSA) is 38.2 Å². The maximum atomic E-state index is 5.98. The van der Waals surface area contributed by atoms with E-state index in [9.17, 15) is 0 Å². The predicted molar refractivity (Wildman–Crippen MR) is 92.9 cm³/mol. The highest BCUT2D eigenvalue weighted by molar-refractivity contribution is 7.19. The average molecular weight is 330 g/mol. The first-order chi connectivity index (χ1) is 10.2. The maximum Gasteiger partial charge on any atom is 0.224 e. The summed E-state index contributed by atoms with van der Waals surface area (Å²) >= 11 is 7.69. The molecule has 0 radical (unpaired) electrons. The maximum absolute atomic E-state index is 5.98.